The predicted octanol–water partition coefficient (Wildman–Crippen LogP) is 1.66. The number of methoxy groups -OCH3 is 1. The maximum atomic E-state index is 12.1. The van der Waals surface area contributed by atoms with E-state index in [1.807, 2.05) is 6.07 Å². The molecule has 0 radical (unpaired) electrons. The molecule has 0 saturated heterocycles. The van der Waals surface area contributed by atoms with E-state index in [4.69, 9.17) is 10.00 Å². The summed E-state index contributed by atoms with van der Waals surface area (Å²) in [6, 6.07) is 10.1. The van der Waals surface area contributed by atoms with Crippen molar-refractivity contribution in [3.8, 4) is 6.07 Å². The topological polar surface area (TPSA) is 99.9 Å². The summed E-state index contributed by atoms with van der Waals surface area (Å²) in [5, 5.41) is 14.4. The average Bonchev–Trinajstić information content (AvgIpc) is 2.56. The number of amides is 1. The summed E-state index contributed by atoms with van der Waals surface area (Å²) in [6.07, 6.45) is 1.51. The highest BCUT2D eigenvalue weighted by molar-refractivity contribution is 6.02. The van der Waals surface area contributed by atoms with Gasteiger partial charge < -0.3 is 15.4 Å². The molecule has 0 unspecified atom stereocenters. The Kier molecular flexibility index (Phi) is 5.40. The number of nitrogens with zero attached hydrogens (tertiary/aromatic N) is 3. The number of anilines is 2. The van der Waals surface area contributed by atoms with Gasteiger partial charge in [0.15, 0.2) is 0 Å². The first-order chi connectivity index (χ1) is 10.7. The lowest BCUT2D eigenvalue weighted by molar-refractivity contribution is 0.102. The first-order valence-electron chi connectivity index (χ1n) is 6.60. The van der Waals surface area contributed by atoms with Crippen molar-refractivity contribution in [2.45, 2.75) is 0 Å². The molecule has 0 atom stereocenters. The molecule has 0 bridgehead atoms. The molecule has 2 rings (SSSR count). The molecule has 1 aromatic heterocycles. The molecule has 0 aliphatic carbocycles. The van der Waals surface area contributed by atoms with Crippen LogP contribution in [0, 0.1) is 11.3 Å². The van der Waals surface area contributed by atoms with Gasteiger partial charge in [-0.1, -0.05) is 0 Å². The largest absolute Gasteiger partial charge is 0.383 e. The summed E-state index contributed by atoms with van der Waals surface area (Å²) in [6.45, 7) is 1.07. The number of hydrogen-bond donors (Lipinski definition) is 2. The summed E-state index contributed by atoms with van der Waals surface area (Å²) in [7, 11) is 1.60. The molecule has 0 spiro atoms. The molecule has 0 aliphatic heterocycles. The molecule has 7 heteroatoms. The maximum Gasteiger partial charge on any atom is 0.274 e. The van der Waals surface area contributed by atoms with E-state index in [9.17, 15) is 4.79 Å². The van der Waals surface area contributed by atoms with Crippen LogP contribution in [0.5, 0.6) is 0 Å². The third kappa shape index (κ3) is 4.26. The van der Waals surface area contributed by atoms with Crippen LogP contribution >= 0.6 is 0 Å². The molecule has 0 saturated carbocycles. The maximum absolute atomic E-state index is 12.1. The summed E-state index contributed by atoms with van der Waals surface area (Å²) in [5.41, 5.74) is 1.38. The van der Waals surface area contributed by atoms with Crippen molar-refractivity contribution in [2.75, 3.05) is 30.9 Å². The van der Waals surface area contributed by atoms with E-state index >= 15 is 0 Å². The first-order valence-corrected chi connectivity index (χ1v) is 6.60. The molecule has 2 N–H and O–H groups in total. The van der Waals surface area contributed by atoms with Crippen LogP contribution in [0.25, 0.3) is 0 Å². The second-order valence-corrected chi connectivity index (χ2v) is 4.33. The minimum Gasteiger partial charge on any atom is -0.383 e. The van der Waals surface area contributed by atoms with Crippen molar-refractivity contribution < 1.29 is 9.53 Å². The fourth-order valence-electron chi connectivity index (χ4n) is 1.66. The van der Waals surface area contributed by atoms with E-state index in [1.165, 1.54) is 12.3 Å². The molecule has 0 fully saturated rings. The molecule has 2 aromatic rings. The number of nitrogens with one attached hydrogen (secondary N) is 2. The van der Waals surface area contributed by atoms with Crippen LogP contribution in [-0.2, 0) is 4.74 Å². The highest BCUT2D eigenvalue weighted by Crippen LogP contribution is 2.10. The van der Waals surface area contributed by atoms with Crippen LogP contribution in [0.3, 0.4) is 0 Å². The smallest absolute Gasteiger partial charge is 0.274 e. The van der Waals surface area contributed by atoms with Gasteiger partial charge >= 0.3 is 0 Å². The lowest BCUT2D eigenvalue weighted by Crippen LogP contribution is -2.16. The third-order valence-electron chi connectivity index (χ3n) is 2.75. The molecule has 1 amide bonds. The molecule has 22 heavy (non-hydrogen) atoms. The van der Waals surface area contributed by atoms with Gasteiger partial charge in [0.05, 0.1) is 18.2 Å². The monoisotopic (exact) mass is 297 g/mol. The lowest BCUT2D eigenvalue weighted by Gasteiger charge is -2.07. The Bertz CT molecular complexity index is 679. The molecular weight excluding hydrogens is 282 g/mol. The van der Waals surface area contributed by atoms with Crippen molar-refractivity contribution in [1.29, 1.82) is 5.26 Å². The van der Waals surface area contributed by atoms with Crippen molar-refractivity contribution in [3.63, 3.8) is 0 Å². The highest BCUT2D eigenvalue weighted by Gasteiger charge is 2.09. The number of nitriles is 1. The Morgan fingerprint density at radius 3 is 2.77 bits per heavy atom. The summed E-state index contributed by atoms with van der Waals surface area (Å²) >= 11 is 0. The molecule has 0 aliphatic rings. The Hall–Kier alpha value is -2.98. The standard InChI is InChI=1S/C15H15N5O2/c1-22-9-8-18-15-17-7-6-13(20-15)14(21)19-12-4-2-11(10-16)3-5-12/h2-7H,8-9H2,1H3,(H,19,21)(H,17,18,20). The molecular formula is C15H15N5O2. The van der Waals surface area contributed by atoms with Crippen molar-refractivity contribution in [2.24, 2.45) is 0 Å². The van der Waals surface area contributed by atoms with Crippen LogP contribution < -0.4 is 10.6 Å². The van der Waals surface area contributed by atoms with Gasteiger partial charge in [0.1, 0.15) is 5.69 Å². The van der Waals surface area contributed by atoms with Gasteiger partial charge in [-0.15, -0.1) is 0 Å². The molecule has 1 aromatic carbocycles. The van der Waals surface area contributed by atoms with Gasteiger partial charge in [-0.25, -0.2) is 9.97 Å². The van der Waals surface area contributed by atoms with Crippen LogP contribution in [-0.4, -0.2) is 36.1 Å². The van der Waals surface area contributed by atoms with Gasteiger partial charge in [0, 0.05) is 25.5 Å². The van der Waals surface area contributed by atoms with Gasteiger partial charge in [-0.05, 0) is 30.3 Å². The van der Waals surface area contributed by atoms with Crippen LogP contribution in [0.1, 0.15) is 16.1 Å². The van der Waals surface area contributed by atoms with Crippen LogP contribution in [0.2, 0.25) is 0 Å². The van der Waals surface area contributed by atoms with Crippen LogP contribution in [0.4, 0.5) is 11.6 Å². The number of carbonyl (C=O) groups is 1. The van der Waals surface area contributed by atoms with E-state index in [1.54, 1.807) is 31.4 Å². The second kappa shape index (κ2) is 7.71. The molecule has 112 valence electrons. The van der Waals surface area contributed by atoms with Crippen molar-refractivity contribution in [1.82, 2.24) is 9.97 Å². The zero-order valence-corrected chi connectivity index (χ0v) is 12.0. The Morgan fingerprint density at radius 1 is 1.32 bits per heavy atom. The van der Waals surface area contributed by atoms with E-state index in [-0.39, 0.29) is 11.6 Å². The lowest BCUT2D eigenvalue weighted by atomic mass is 10.2. The van der Waals surface area contributed by atoms with E-state index in [2.05, 4.69) is 20.6 Å². The first kappa shape index (κ1) is 15.4. The van der Waals surface area contributed by atoms with Gasteiger partial charge in [-0.3, -0.25) is 4.79 Å². The number of carbonyl (C=O) groups excluding carboxylic acids is 1. The quantitative estimate of drug-likeness (QED) is 0.786. The minimum absolute atomic E-state index is 0.249. The van der Waals surface area contributed by atoms with Gasteiger partial charge in [0.25, 0.3) is 5.91 Å². The second-order valence-electron chi connectivity index (χ2n) is 4.33. The summed E-state index contributed by atoms with van der Waals surface area (Å²) in [5.74, 6) is 0.0198. The van der Waals surface area contributed by atoms with Crippen molar-refractivity contribution >= 4 is 17.5 Å². The van der Waals surface area contributed by atoms with E-state index in [0.29, 0.717) is 30.4 Å². The number of ether oxygens (including phenoxy) is 1. The summed E-state index contributed by atoms with van der Waals surface area (Å²) in [4.78, 5) is 20.3. The normalized spacial score (nSPS) is 9.82. The molecule has 7 nitrogen and oxygen atoms in total. The van der Waals surface area contributed by atoms with Gasteiger partial charge in [-0.2, -0.15) is 5.26 Å². The molecule has 1 heterocycles. The average molecular weight is 297 g/mol. The third-order valence-corrected chi connectivity index (χ3v) is 2.75. The Morgan fingerprint density at radius 2 is 2.09 bits per heavy atom. The van der Waals surface area contributed by atoms with E-state index < -0.39 is 0 Å². The van der Waals surface area contributed by atoms with E-state index in [0.717, 1.165) is 0 Å². The number of aromatic nitrogens is 2. The fourth-order valence-corrected chi connectivity index (χ4v) is 1.66. The highest BCUT2D eigenvalue weighted by atomic mass is 16.5. The van der Waals surface area contributed by atoms with Gasteiger partial charge in [0.2, 0.25) is 5.95 Å². The number of benzene rings is 1. The number of hydrogen-bond acceptors (Lipinski definition) is 6. The Balaban J connectivity index is 2.02. The Labute approximate surface area is 128 Å². The summed E-state index contributed by atoms with van der Waals surface area (Å²) < 4.78 is 4.92. The minimum atomic E-state index is -0.345. The fraction of sp³-hybridized carbons (Fsp3) is 0.200. The van der Waals surface area contributed by atoms with Crippen LogP contribution in [0.15, 0.2) is 36.5 Å². The predicted molar refractivity (Wildman–Crippen MR) is 81.5 cm³/mol. The zero-order valence-electron chi connectivity index (χ0n) is 12.0. The number of rotatable bonds is 6. The zero-order chi connectivity index (χ0) is 15.8. The SMILES string of the molecule is COCCNc1nccc(C(=O)Nc2ccc(C#N)cc2)n1. The van der Waals surface area contributed by atoms with Crippen molar-refractivity contribution in [3.05, 3.63) is 47.8 Å².